The van der Waals surface area contributed by atoms with Crippen LogP contribution in [0, 0.1) is 5.92 Å². The van der Waals surface area contributed by atoms with Crippen molar-refractivity contribution in [3.05, 3.63) is 0 Å². The standard InChI is InChI=1S/C11H20N2O4/c1-8(2)6-7-13(3)11(17)12-9(14)4-5-10(15)16/h8H,4-7H2,1-3H3,(H,15,16)(H,12,14,17). The van der Waals surface area contributed by atoms with Crippen molar-refractivity contribution in [2.75, 3.05) is 13.6 Å². The second-order valence-electron chi connectivity index (χ2n) is 4.35. The van der Waals surface area contributed by atoms with Gasteiger partial charge in [0.15, 0.2) is 0 Å². The Morgan fingerprint density at radius 3 is 2.29 bits per heavy atom. The molecule has 0 heterocycles. The lowest BCUT2D eigenvalue weighted by Gasteiger charge is -2.18. The van der Waals surface area contributed by atoms with Crippen molar-refractivity contribution in [1.29, 1.82) is 0 Å². The number of rotatable bonds is 6. The fraction of sp³-hybridized carbons (Fsp3) is 0.727. The maximum absolute atomic E-state index is 11.5. The van der Waals surface area contributed by atoms with Gasteiger partial charge in [-0.05, 0) is 12.3 Å². The Labute approximate surface area is 101 Å². The number of nitrogens with one attached hydrogen (secondary N) is 1. The van der Waals surface area contributed by atoms with Crippen LogP contribution in [0.1, 0.15) is 33.1 Å². The smallest absolute Gasteiger partial charge is 0.323 e. The first-order valence-corrected chi connectivity index (χ1v) is 5.59. The van der Waals surface area contributed by atoms with Crippen molar-refractivity contribution in [2.45, 2.75) is 33.1 Å². The zero-order valence-electron chi connectivity index (χ0n) is 10.5. The molecule has 2 N–H and O–H groups in total. The monoisotopic (exact) mass is 244 g/mol. The number of carbonyl (C=O) groups is 3. The predicted molar refractivity (Wildman–Crippen MR) is 62.5 cm³/mol. The molecule has 6 heteroatoms. The number of carboxylic acid groups (broad SMARTS) is 1. The van der Waals surface area contributed by atoms with Gasteiger partial charge in [0.05, 0.1) is 6.42 Å². The van der Waals surface area contributed by atoms with Crippen molar-refractivity contribution in [2.24, 2.45) is 5.92 Å². The van der Waals surface area contributed by atoms with E-state index in [1.54, 1.807) is 7.05 Å². The summed E-state index contributed by atoms with van der Waals surface area (Å²) in [5.74, 6) is -1.14. The van der Waals surface area contributed by atoms with Crippen LogP contribution in [-0.2, 0) is 9.59 Å². The van der Waals surface area contributed by atoms with Crippen LogP contribution >= 0.6 is 0 Å². The van der Waals surface area contributed by atoms with Crippen molar-refractivity contribution in [1.82, 2.24) is 10.2 Å². The summed E-state index contributed by atoms with van der Waals surface area (Å²) in [6, 6.07) is -0.485. The third-order valence-corrected chi connectivity index (χ3v) is 2.20. The molecule has 17 heavy (non-hydrogen) atoms. The number of urea groups is 1. The number of carboxylic acids is 1. The fourth-order valence-electron chi connectivity index (χ4n) is 1.05. The van der Waals surface area contributed by atoms with Gasteiger partial charge in [-0.3, -0.25) is 14.9 Å². The third kappa shape index (κ3) is 8.24. The van der Waals surface area contributed by atoms with Crippen LogP contribution in [0.5, 0.6) is 0 Å². The van der Waals surface area contributed by atoms with Crippen molar-refractivity contribution in [3.8, 4) is 0 Å². The van der Waals surface area contributed by atoms with Crippen molar-refractivity contribution < 1.29 is 19.5 Å². The van der Waals surface area contributed by atoms with Crippen molar-refractivity contribution >= 4 is 17.9 Å². The molecule has 6 nitrogen and oxygen atoms in total. The van der Waals surface area contributed by atoms with E-state index < -0.39 is 17.9 Å². The average Bonchev–Trinajstić information content (AvgIpc) is 2.22. The molecule has 0 aromatic carbocycles. The Morgan fingerprint density at radius 2 is 1.82 bits per heavy atom. The van der Waals surface area contributed by atoms with Gasteiger partial charge < -0.3 is 10.0 Å². The molecule has 3 amide bonds. The summed E-state index contributed by atoms with van der Waals surface area (Å²) >= 11 is 0. The second-order valence-corrected chi connectivity index (χ2v) is 4.35. The van der Waals surface area contributed by atoms with Gasteiger partial charge >= 0.3 is 12.0 Å². The third-order valence-electron chi connectivity index (χ3n) is 2.20. The number of carbonyl (C=O) groups excluding carboxylic acids is 2. The molecule has 0 saturated heterocycles. The first kappa shape index (κ1) is 15.4. The first-order chi connectivity index (χ1) is 7.82. The highest BCUT2D eigenvalue weighted by Gasteiger charge is 2.13. The SMILES string of the molecule is CC(C)CCN(C)C(=O)NC(=O)CCC(=O)O. The highest BCUT2D eigenvalue weighted by molar-refractivity contribution is 5.95. The van der Waals surface area contributed by atoms with Crippen LogP contribution in [-0.4, -0.2) is 41.5 Å². The summed E-state index contributed by atoms with van der Waals surface area (Å²) in [6.07, 6.45) is 0.404. The van der Waals surface area contributed by atoms with Gasteiger partial charge in [-0.25, -0.2) is 4.79 Å². The minimum atomic E-state index is -1.05. The Hall–Kier alpha value is -1.59. The Kier molecular flexibility index (Phi) is 6.93. The van der Waals surface area contributed by atoms with E-state index in [9.17, 15) is 14.4 Å². The summed E-state index contributed by atoms with van der Waals surface area (Å²) in [4.78, 5) is 34.3. The van der Waals surface area contributed by atoms with Gasteiger partial charge in [0.25, 0.3) is 0 Å². The number of nitrogens with zero attached hydrogens (tertiary/aromatic N) is 1. The van der Waals surface area contributed by atoms with E-state index in [2.05, 4.69) is 5.32 Å². The number of amides is 3. The van der Waals surface area contributed by atoms with Gasteiger partial charge in [-0.2, -0.15) is 0 Å². The minimum Gasteiger partial charge on any atom is -0.481 e. The van der Waals surface area contributed by atoms with Crippen LogP contribution in [0.25, 0.3) is 0 Å². The number of hydrogen-bond acceptors (Lipinski definition) is 3. The summed E-state index contributed by atoms with van der Waals surface area (Å²) in [5, 5.41) is 10.5. The van der Waals surface area contributed by atoms with Gasteiger partial charge in [-0.15, -0.1) is 0 Å². The quantitative estimate of drug-likeness (QED) is 0.731. The molecule has 0 saturated carbocycles. The molecular weight excluding hydrogens is 224 g/mol. The molecule has 0 spiro atoms. The predicted octanol–water partition coefficient (Wildman–Crippen LogP) is 1.07. The number of aliphatic carboxylic acids is 1. The van der Waals surface area contributed by atoms with Gasteiger partial charge in [0, 0.05) is 20.0 Å². The molecule has 0 aromatic heterocycles. The largest absolute Gasteiger partial charge is 0.481 e. The molecule has 0 fully saturated rings. The molecule has 0 aliphatic rings. The molecule has 0 rings (SSSR count). The summed E-state index contributed by atoms with van der Waals surface area (Å²) < 4.78 is 0. The topological polar surface area (TPSA) is 86.7 Å². The lowest BCUT2D eigenvalue weighted by Crippen LogP contribution is -2.41. The lowest BCUT2D eigenvalue weighted by molar-refractivity contribution is -0.138. The van der Waals surface area contributed by atoms with Crippen LogP contribution in [0.2, 0.25) is 0 Å². The van der Waals surface area contributed by atoms with E-state index in [-0.39, 0.29) is 12.8 Å². The molecule has 0 bridgehead atoms. The zero-order valence-corrected chi connectivity index (χ0v) is 10.5. The maximum Gasteiger partial charge on any atom is 0.323 e. The molecule has 0 aliphatic heterocycles. The van der Waals surface area contributed by atoms with E-state index in [0.29, 0.717) is 12.5 Å². The van der Waals surface area contributed by atoms with E-state index in [1.807, 2.05) is 13.8 Å². The van der Waals surface area contributed by atoms with Crippen LogP contribution in [0.3, 0.4) is 0 Å². The maximum atomic E-state index is 11.5. The minimum absolute atomic E-state index is 0.181. The van der Waals surface area contributed by atoms with Crippen LogP contribution in [0.15, 0.2) is 0 Å². The Morgan fingerprint density at radius 1 is 1.24 bits per heavy atom. The highest BCUT2D eigenvalue weighted by Crippen LogP contribution is 2.00. The Bertz CT molecular complexity index is 289. The normalized spacial score (nSPS) is 10.1. The second kappa shape index (κ2) is 7.65. The Balaban J connectivity index is 3.90. The fourth-order valence-corrected chi connectivity index (χ4v) is 1.05. The van der Waals surface area contributed by atoms with Gasteiger partial charge in [-0.1, -0.05) is 13.8 Å². The molecular formula is C11H20N2O4. The van der Waals surface area contributed by atoms with E-state index >= 15 is 0 Å². The van der Waals surface area contributed by atoms with E-state index in [4.69, 9.17) is 5.11 Å². The summed E-state index contributed by atoms with van der Waals surface area (Å²) in [5.41, 5.74) is 0. The van der Waals surface area contributed by atoms with Gasteiger partial charge in [0.1, 0.15) is 0 Å². The number of imide groups is 1. The van der Waals surface area contributed by atoms with Crippen LogP contribution < -0.4 is 5.32 Å². The zero-order chi connectivity index (χ0) is 13.4. The average molecular weight is 244 g/mol. The van der Waals surface area contributed by atoms with Gasteiger partial charge in [0.2, 0.25) is 5.91 Å². The van der Waals surface area contributed by atoms with E-state index in [0.717, 1.165) is 6.42 Å². The molecule has 98 valence electrons. The molecule has 0 atom stereocenters. The summed E-state index contributed by atoms with van der Waals surface area (Å²) in [6.45, 7) is 4.66. The van der Waals surface area contributed by atoms with Crippen molar-refractivity contribution in [3.63, 3.8) is 0 Å². The molecule has 0 aliphatic carbocycles. The summed E-state index contributed by atoms with van der Waals surface area (Å²) in [7, 11) is 1.60. The molecule has 0 radical (unpaired) electrons. The highest BCUT2D eigenvalue weighted by atomic mass is 16.4. The lowest BCUT2D eigenvalue weighted by atomic mass is 10.1. The number of hydrogen-bond donors (Lipinski definition) is 2. The molecule has 0 aromatic rings. The molecule has 0 unspecified atom stereocenters. The first-order valence-electron chi connectivity index (χ1n) is 5.59. The van der Waals surface area contributed by atoms with E-state index in [1.165, 1.54) is 4.90 Å². The van der Waals surface area contributed by atoms with Crippen LogP contribution in [0.4, 0.5) is 4.79 Å².